The summed E-state index contributed by atoms with van der Waals surface area (Å²) in [6.45, 7) is 4.42. The maximum atomic E-state index is 5.18. The lowest BCUT2D eigenvalue weighted by Gasteiger charge is -2.41. The van der Waals surface area contributed by atoms with Crippen molar-refractivity contribution in [2.75, 3.05) is 33.4 Å². The van der Waals surface area contributed by atoms with Gasteiger partial charge < -0.3 is 10.1 Å². The summed E-state index contributed by atoms with van der Waals surface area (Å²) in [5, 5.41) is 3.34. The van der Waals surface area contributed by atoms with E-state index in [4.69, 9.17) is 4.74 Å². The van der Waals surface area contributed by atoms with Crippen molar-refractivity contribution in [2.24, 2.45) is 0 Å². The van der Waals surface area contributed by atoms with E-state index in [1.165, 1.54) is 25.9 Å². The Bertz CT molecular complexity index is 139. The number of ether oxygens (including phenoxy) is 1. The van der Waals surface area contributed by atoms with E-state index in [0.29, 0.717) is 0 Å². The quantitative estimate of drug-likeness (QED) is 0.634. The molecule has 2 aliphatic rings. The molecule has 0 aliphatic carbocycles. The summed E-state index contributed by atoms with van der Waals surface area (Å²) in [6.07, 6.45) is 2.60. The van der Waals surface area contributed by atoms with E-state index in [1.54, 1.807) is 0 Å². The highest BCUT2D eigenvalue weighted by Crippen LogP contribution is 2.17. The molecule has 1 N–H and O–H groups in total. The van der Waals surface area contributed by atoms with Gasteiger partial charge >= 0.3 is 0 Å². The Balaban J connectivity index is 1.74. The van der Waals surface area contributed by atoms with Crippen molar-refractivity contribution in [3.8, 4) is 0 Å². The van der Waals surface area contributed by atoms with E-state index >= 15 is 0 Å². The van der Waals surface area contributed by atoms with E-state index in [1.807, 2.05) is 0 Å². The monoisotopic (exact) mass is 170 g/mol. The zero-order valence-corrected chi connectivity index (χ0v) is 7.75. The zero-order valence-electron chi connectivity index (χ0n) is 7.75. The first-order chi connectivity index (χ1) is 5.90. The minimum Gasteiger partial charge on any atom is -0.378 e. The van der Waals surface area contributed by atoms with Crippen LogP contribution in [0.15, 0.2) is 0 Å². The number of piperidine rings is 1. The number of nitrogens with one attached hydrogen (secondary N) is 1. The summed E-state index contributed by atoms with van der Waals surface area (Å²) in [5.74, 6) is 0. The summed E-state index contributed by atoms with van der Waals surface area (Å²) in [6, 6.07) is 1.49. The molecule has 3 nitrogen and oxygen atoms in total. The van der Waals surface area contributed by atoms with Crippen LogP contribution >= 0.6 is 0 Å². The predicted molar refractivity (Wildman–Crippen MR) is 48.3 cm³/mol. The lowest BCUT2D eigenvalue weighted by Crippen LogP contribution is -2.53. The molecule has 0 bridgehead atoms. The van der Waals surface area contributed by atoms with E-state index in [-0.39, 0.29) is 0 Å². The van der Waals surface area contributed by atoms with Gasteiger partial charge in [-0.05, 0) is 19.9 Å². The Hall–Kier alpha value is -0.120. The van der Waals surface area contributed by atoms with Crippen LogP contribution in [0.4, 0.5) is 0 Å². The van der Waals surface area contributed by atoms with Gasteiger partial charge in [-0.3, -0.25) is 4.90 Å². The maximum Gasteiger partial charge on any atom is 0.0645 e. The molecule has 0 atom stereocenters. The third-order valence-corrected chi connectivity index (χ3v) is 3.07. The van der Waals surface area contributed by atoms with Crippen LogP contribution in [0.25, 0.3) is 0 Å². The Morgan fingerprint density at radius 1 is 1.25 bits per heavy atom. The molecule has 2 aliphatic heterocycles. The topological polar surface area (TPSA) is 24.5 Å². The van der Waals surface area contributed by atoms with Crippen molar-refractivity contribution >= 4 is 0 Å². The standard InChI is InChI=1S/C9H18N2O/c1-10-8-2-4-11(5-3-8)9-6-12-7-9/h8-10H,2-7H2,1H3. The summed E-state index contributed by atoms with van der Waals surface area (Å²) in [7, 11) is 2.06. The van der Waals surface area contributed by atoms with Crippen LogP contribution in [0.3, 0.4) is 0 Å². The van der Waals surface area contributed by atoms with Crippen LogP contribution < -0.4 is 5.32 Å². The molecule has 2 saturated heterocycles. The van der Waals surface area contributed by atoms with Crippen LogP contribution in [0.5, 0.6) is 0 Å². The lowest BCUT2D eigenvalue weighted by molar-refractivity contribution is -0.0717. The van der Waals surface area contributed by atoms with Crippen LogP contribution in [0.1, 0.15) is 12.8 Å². The normalized spacial score (nSPS) is 28.8. The fourth-order valence-corrected chi connectivity index (χ4v) is 1.99. The molecule has 0 spiro atoms. The molecule has 2 heterocycles. The van der Waals surface area contributed by atoms with Crippen LogP contribution in [0.2, 0.25) is 0 Å². The average Bonchev–Trinajstić information content (AvgIpc) is 2.03. The van der Waals surface area contributed by atoms with Gasteiger partial charge in [-0.2, -0.15) is 0 Å². The molecule has 2 rings (SSSR count). The Kier molecular flexibility index (Phi) is 2.63. The first-order valence-electron chi connectivity index (χ1n) is 4.89. The second kappa shape index (κ2) is 3.73. The Morgan fingerprint density at radius 2 is 1.92 bits per heavy atom. The van der Waals surface area contributed by atoms with Crippen molar-refractivity contribution in [2.45, 2.75) is 24.9 Å². The first-order valence-corrected chi connectivity index (χ1v) is 4.89. The molecule has 0 radical (unpaired) electrons. The first kappa shape index (κ1) is 8.48. The van der Waals surface area contributed by atoms with Crippen LogP contribution in [-0.2, 0) is 4.74 Å². The van der Waals surface area contributed by atoms with Crippen molar-refractivity contribution in [3.05, 3.63) is 0 Å². The molecule has 3 heteroatoms. The van der Waals surface area contributed by atoms with Crippen molar-refractivity contribution in [1.82, 2.24) is 10.2 Å². The van der Waals surface area contributed by atoms with Crippen LogP contribution in [-0.4, -0.2) is 50.3 Å². The molecule has 0 unspecified atom stereocenters. The Labute approximate surface area is 74.1 Å². The summed E-state index contributed by atoms with van der Waals surface area (Å²) in [5.41, 5.74) is 0. The lowest BCUT2D eigenvalue weighted by atomic mass is 10.0. The molecule has 2 fully saturated rings. The number of nitrogens with zero attached hydrogens (tertiary/aromatic N) is 1. The number of likely N-dealkylation sites (tertiary alicyclic amines) is 1. The van der Waals surface area contributed by atoms with Gasteiger partial charge in [-0.25, -0.2) is 0 Å². The smallest absolute Gasteiger partial charge is 0.0645 e. The van der Waals surface area contributed by atoms with Gasteiger partial charge in [0.25, 0.3) is 0 Å². The predicted octanol–water partition coefficient (Wildman–Crippen LogP) is 0.0690. The fourth-order valence-electron chi connectivity index (χ4n) is 1.99. The molecule has 0 aromatic heterocycles. The number of rotatable bonds is 2. The van der Waals surface area contributed by atoms with E-state index in [2.05, 4.69) is 17.3 Å². The van der Waals surface area contributed by atoms with Crippen LogP contribution in [0, 0.1) is 0 Å². The fraction of sp³-hybridized carbons (Fsp3) is 1.00. The van der Waals surface area contributed by atoms with E-state index in [0.717, 1.165) is 25.3 Å². The second-order valence-electron chi connectivity index (χ2n) is 3.79. The molecule has 12 heavy (non-hydrogen) atoms. The van der Waals surface area contributed by atoms with Gasteiger partial charge in [0.05, 0.1) is 19.3 Å². The van der Waals surface area contributed by atoms with E-state index in [9.17, 15) is 0 Å². The van der Waals surface area contributed by atoms with Gasteiger partial charge in [-0.15, -0.1) is 0 Å². The largest absolute Gasteiger partial charge is 0.378 e. The molecule has 0 aromatic carbocycles. The Morgan fingerprint density at radius 3 is 2.33 bits per heavy atom. The summed E-state index contributed by atoms with van der Waals surface area (Å²) >= 11 is 0. The molecule has 0 saturated carbocycles. The van der Waals surface area contributed by atoms with Gasteiger partial charge in [0, 0.05) is 19.1 Å². The molecule has 0 aromatic rings. The van der Waals surface area contributed by atoms with Gasteiger partial charge in [-0.1, -0.05) is 0 Å². The number of hydrogen-bond donors (Lipinski definition) is 1. The maximum absolute atomic E-state index is 5.18. The molecular weight excluding hydrogens is 152 g/mol. The third-order valence-electron chi connectivity index (χ3n) is 3.07. The summed E-state index contributed by atoms with van der Waals surface area (Å²) < 4.78 is 5.18. The van der Waals surface area contributed by atoms with Gasteiger partial charge in [0.15, 0.2) is 0 Å². The highest BCUT2D eigenvalue weighted by molar-refractivity contribution is 4.83. The average molecular weight is 170 g/mol. The van der Waals surface area contributed by atoms with Gasteiger partial charge in [0.2, 0.25) is 0 Å². The van der Waals surface area contributed by atoms with Gasteiger partial charge in [0.1, 0.15) is 0 Å². The minimum absolute atomic E-state index is 0.739. The molecular formula is C9H18N2O. The third kappa shape index (κ3) is 1.63. The van der Waals surface area contributed by atoms with Crippen molar-refractivity contribution < 1.29 is 4.74 Å². The highest BCUT2D eigenvalue weighted by Gasteiger charge is 2.28. The number of hydrogen-bond acceptors (Lipinski definition) is 3. The molecule has 70 valence electrons. The minimum atomic E-state index is 0.739. The van der Waals surface area contributed by atoms with Crippen molar-refractivity contribution in [3.63, 3.8) is 0 Å². The zero-order chi connectivity index (χ0) is 8.39. The molecule has 0 amide bonds. The second-order valence-corrected chi connectivity index (χ2v) is 3.79. The highest BCUT2D eigenvalue weighted by atomic mass is 16.5. The SMILES string of the molecule is CNC1CCN(C2COC2)CC1. The van der Waals surface area contributed by atoms with Crippen molar-refractivity contribution in [1.29, 1.82) is 0 Å². The van der Waals surface area contributed by atoms with E-state index < -0.39 is 0 Å². The summed E-state index contributed by atoms with van der Waals surface area (Å²) in [4.78, 5) is 2.57.